The van der Waals surface area contributed by atoms with Gasteiger partial charge in [-0.3, -0.25) is 0 Å². The standard InChI is InChI=1S/C16H14Cl4O2/c1-16(2,8-4-10(17)14(21)11(18)5-8)9-6-12(19)15(22-3)13(20)7-9/h4-7,21H,1-3H3. The predicted octanol–water partition coefficient (Wildman–Crippen LogP) is 6.34. The molecule has 2 rings (SSSR count). The summed E-state index contributed by atoms with van der Waals surface area (Å²) in [5.74, 6) is 0.304. The molecule has 22 heavy (non-hydrogen) atoms. The van der Waals surface area contributed by atoms with Crippen LogP contribution in [0, 0.1) is 0 Å². The van der Waals surface area contributed by atoms with Crippen molar-refractivity contribution in [2.75, 3.05) is 7.11 Å². The lowest BCUT2D eigenvalue weighted by Gasteiger charge is -2.27. The minimum Gasteiger partial charge on any atom is -0.505 e. The SMILES string of the molecule is COc1c(Cl)cc(C(C)(C)c2cc(Cl)c(O)c(Cl)c2)cc1Cl. The Bertz CT molecular complexity index is 680. The molecular formula is C16H14Cl4O2. The second kappa shape index (κ2) is 6.37. The van der Waals surface area contributed by atoms with Crippen molar-refractivity contribution in [2.45, 2.75) is 19.3 Å². The topological polar surface area (TPSA) is 29.5 Å². The van der Waals surface area contributed by atoms with Crippen molar-refractivity contribution in [3.63, 3.8) is 0 Å². The van der Waals surface area contributed by atoms with Crippen molar-refractivity contribution >= 4 is 46.4 Å². The Morgan fingerprint density at radius 1 is 0.818 bits per heavy atom. The third-order valence-electron chi connectivity index (χ3n) is 3.66. The van der Waals surface area contributed by atoms with Crippen LogP contribution in [0.3, 0.4) is 0 Å². The Hall–Kier alpha value is -0.800. The van der Waals surface area contributed by atoms with Crippen molar-refractivity contribution < 1.29 is 9.84 Å². The number of ether oxygens (including phenoxy) is 1. The van der Waals surface area contributed by atoms with Crippen LogP contribution in [0.25, 0.3) is 0 Å². The number of aromatic hydroxyl groups is 1. The van der Waals surface area contributed by atoms with Crippen LogP contribution in [-0.2, 0) is 5.41 Å². The molecule has 2 aromatic carbocycles. The summed E-state index contributed by atoms with van der Waals surface area (Å²) in [4.78, 5) is 0. The van der Waals surface area contributed by atoms with Gasteiger partial charge in [0.05, 0.1) is 27.2 Å². The molecule has 0 amide bonds. The molecular weight excluding hydrogens is 366 g/mol. The summed E-state index contributed by atoms with van der Waals surface area (Å²) < 4.78 is 5.16. The average molecular weight is 380 g/mol. The van der Waals surface area contributed by atoms with Gasteiger partial charge in [0.2, 0.25) is 0 Å². The monoisotopic (exact) mass is 378 g/mol. The number of methoxy groups -OCH3 is 1. The quantitative estimate of drug-likeness (QED) is 0.673. The average Bonchev–Trinajstić information content (AvgIpc) is 2.43. The fraction of sp³-hybridized carbons (Fsp3) is 0.250. The van der Waals surface area contributed by atoms with Gasteiger partial charge in [-0.1, -0.05) is 60.3 Å². The molecule has 0 saturated heterocycles. The molecule has 0 saturated carbocycles. The third-order valence-corrected chi connectivity index (χ3v) is 4.80. The molecule has 2 nitrogen and oxygen atoms in total. The van der Waals surface area contributed by atoms with Gasteiger partial charge in [0, 0.05) is 5.41 Å². The highest BCUT2D eigenvalue weighted by Gasteiger charge is 2.27. The molecule has 0 atom stereocenters. The van der Waals surface area contributed by atoms with Crippen molar-refractivity contribution in [1.82, 2.24) is 0 Å². The fourth-order valence-electron chi connectivity index (χ4n) is 2.21. The van der Waals surface area contributed by atoms with Gasteiger partial charge in [-0.05, 0) is 35.4 Å². The lowest BCUT2D eigenvalue weighted by Crippen LogP contribution is -2.19. The molecule has 6 heteroatoms. The van der Waals surface area contributed by atoms with E-state index < -0.39 is 5.41 Å². The maximum Gasteiger partial charge on any atom is 0.156 e. The zero-order valence-electron chi connectivity index (χ0n) is 12.2. The Morgan fingerprint density at radius 2 is 1.18 bits per heavy atom. The van der Waals surface area contributed by atoms with Gasteiger partial charge in [-0.2, -0.15) is 0 Å². The molecule has 0 aromatic heterocycles. The van der Waals surface area contributed by atoms with Crippen molar-refractivity contribution in [3.8, 4) is 11.5 Å². The van der Waals surface area contributed by atoms with Gasteiger partial charge < -0.3 is 9.84 Å². The Kier molecular flexibility index (Phi) is 5.08. The van der Waals surface area contributed by atoms with Gasteiger partial charge in [0.25, 0.3) is 0 Å². The summed E-state index contributed by atoms with van der Waals surface area (Å²) in [6, 6.07) is 6.94. The number of hydrogen-bond donors (Lipinski definition) is 1. The normalized spacial score (nSPS) is 11.6. The molecule has 0 heterocycles. The minimum absolute atomic E-state index is 0.131. The van der Waals surface area contributed by atoms with E-state index in [1.165, 1.54) is 7.11 Å². The van der Waals surface area contributed by atoms with Gasteiger partial charge in [0.1, 0.15) is 0 Å². The van der Waals surface area contributed by atoms with Crippen LogP contribution in [-0.4, -0.2) is 12.2 Å². The van der Waals surface area contributed by atoms with Crippen LogP contribution >= 0.6 is 46.4 Å². The van der Waals surface area contributed by atoms with Gasteiger partial charge >= 0.3 is 0 Å². The number of benzene rings is 2. The lowest BCUT2D eigenvalue weighted by molar-refractivity contribution is 0.415. The molecule has 0 aliphatic rings. The summed E-state index contributed by atoms with van der Waals surface area (Å²) in [6.45, 7) is 3.97. The predicted molar refractivity (Wildman–Crippen MR) is 93.3 cm³/mol. The summed E-state index contributed by atoms with van der Waals surface area (Å²) in [5.41, 5.74) is 1.24. The number of phenolic OH excluding ortho intramolecular Hbond substituents is 1. The molecule has 0 unspecified atom stereocenters. The molecule has 118 valence electrons. The van der Waals surface area contributed by atoms with E-state index in [-0.39, 0.29) is 15.8 Å². The molecule has 1 N–H and O–H groups in total. The third kappa shape index (κ3) is 3.11. The highest BCUT2D eigenvalue weighted by atomic mass is 35.5. The maximum atomic E-state index is 9.70. The van der Waals surface area contributed by atoms with Crippen LogP contribution < -0.4 is 4.74 Å². The van der Waals surface area contributed by atoms with E-state index in [0.717, 1.165) is 11.1 Å². The van der Waals surface area contributed by atoms with E-state index in [9.17, 15) is 5.11 Å². The second-order valence-corrected chi connectivity index (χ2v) is 7.02. The first kappa shape index (κ1) is 17.6. The van der Waals surface area contributed by atoms with Crippen LogP contribution in [0.1, 0.15) is 25.0 Å². The maximum absolute atomic E-state index is 9.70. The summed E-state index contributed by atoms with van der Waals surface area (Å²) >= 11 is 24.5. The summed E-state index contributed by atoms with van der Waals surface area (Å²) in [7, 11) is 1.51. The highest BCUT2D eigenvalue weighted by molar-refractivity contribution is 6.37. The summed E-state index contributed by atoms with van der Waals surface area (Å²) in [6.07, 6.45) is 0. The smallest absolute Gasteiger partial charge is 0.156 e. The van der Waals surface area contributed by atoms with E-state index in [1.54, 1.807) is 24.3 Å². The number of halogens is 4. The number of phenols is 1. The Balaban J connectivity index is 2.60. The van der Waals surface area contributed by atoms with E-state index in [1.807, 2.05) is 13.8 Å². The first-order valence-electron chi connectivity index (χ1n) is 6.40. The number of hydrogen-bond acceptors (Lipinski definition) is 2. The van der Waals surface area contributed by atoms with Crippen molar-refractivity contribution in [3.05, 3.63) is 55.5 Å². The van der Waals surface area contributed by atoms with Crippen molar-refractivity contribution in [1.29, 1.82) is 0 Å². The minimum atomic E-state index is -0.472. The molecule has 0 bridgehead atoms. The zero-order valence-corrected chi connectivity index (χ0v) is 15.2. The molecule has 0 aliphatic carbocycles. The zero-order chi connectivity index (χ0) is 16.7. The molecule has 0 aliphatic heterocycles. The van der Waals surface area contributed by atoms with Crippen LogP contribution in [0.2, 0.25) is 20.1 Å². The highest BCUT2D eigenvalue weighted by Crippen LogP contribution is 2.43. The molecule has 0 radical (unpaired) electrons. The van der Waals surface area contributed by atoms with Gasteiger partial charge in [-0.25, -0.2) is 0 Å². The van der Waals surface area contributed by atoms with Gasteiger partial charge in [0.15, 0.2) is 11.5 Å². The fourth-order valence-corrected chi connectivity index (χ4v) is 3.34. The molecule has 0 spiro atoms. The molecule has 0 fully saturated rings. The summed E-state index contributed by atoms with van der Waals surface area (Å²) in [5, 5.41) is 10.9. The Morgan fingerprint density at radius 3 is 1.55 bits per heavy atom. The van der Waals surface area contributed by atoms with E-state index in [0.29, 0.717) is 15.8 Å². The lowest BCUT2D eigenvalue weighted by atomic mass is 9.78. The van der Waals surface area contributed by atoms with Crippen LogP contribution in [0.5, 0.6) is 11.5 Å². The van der Waals surface area contributed by atoms with Crippen molar-refractivity contribution in [2.24, 2.45) is 0 Å². The first-order valence-corrected chi connectivity index (χ1v) is 7.91. The Labute approximate surface area is 149 Å². The van der Waals surface area contributed by atoms with Gasteiger partial charge in [-0.15, -0.1) is 0 Å². The van der Waals surface area contributed by atoms with E-state index >= 15 is 0 Å². The van der Waals surface area contributed by atoms with Crippen LogP contribution in [0.15, 0.2) is 24.3 Å². The molecule has 2 aromatic rings. The second-order valence-electron chi connectivity index (χ2n) is 5.39. The first-order chi connectivity index (χ1) is 10.2. The van der Waals surface area contributed by atoms with E-state index in [4.69, 9.17) is 51.1 Å². The van der Waals surface area contributed by atoms with E-state index in [2.05, 4.69) is 0 Å². The van der Waals surface area contributed by atoms with Crippen LogP contribution in [0.4, 0.5) is 0 Å². The number of rotatable bonds is 3. The largest absolute Gasteiger partial charge is 0.505 e.